The maximum Gasteiger partial charge on any atom is 0.203 e. The van der Waals surface area contributed by atoms with Gasteiger partial charge in [-0.1, -0.05) is 6.07 Å². The SMILES string of the molecule is COCCCNc1nccn1C(C)c1cccnc1. The normalized spacial score (nSPS) is 12.3. The van der Waals surface area contributed by atoms with E-state index in [1.807, 2.05) is 24.7 Å². The zero-order valence-electron chi connectivity index (χ0n) is 11.4. The molecule has 2 heterocycles. The Morgan fingerprint density at radius 1 is 1.42 bits per heavy atom. The molecule has 0 aromatic carbocycles. The molecule has 1 unspecified atom stereocenters. The predicted molar refractivity (Wildman–Crippen MR) is 75.3 cm³/mol. The van der Waals surface area contributed by atoms with E-state index >= 15 is 0 Å². The number of nitrogens with zero attached hydrogens (tertiary/aromatic N) is 3. The molecule has 19 heavy (non-hydrogen) atoms. The molecule has 1 atom stereocenters. The van der Waals surface area contributed by atoms with Gasteiger partial charge in [0.05, 0.1) is 6.04 Å². The molecule has 0 aliphatic heterocycles. The highest BCUT2D eigenvalue weighted by Gasteiger charge is 2.11. The van der Waals surface area contributed by atoms with Crippen LogP contribution >= 0.6 is 0 Å². The van der Waals surface area contributed by atoms with Crippen molar-refractivity contribution in [2.24, 2.45) is 0 Å². The van der Waals surface area contributed by atoms with Gasteiger partial charge in [0.25, 0.3) is 0 Å². The fourth-order valence-corrected chi connectivity index (χ4v) is 1.96. The van der Waals surface area contributed by atoms with Crippen LogP contribution in [0.4, 0.5) is 5.95 Å². The summed E-state index contributed by atoms with van der Waals surface area (Å²) in [5.74, 6) is 0.882. The maximum atomic E-state index is 5.03. The molecule has 0 saturated carbocycles. The summed E-state index contributed by atoms with van der Waals surface area (Å²) in [7, 11) is 1.71. The van der Waals surface area contributed by atoms with Crippen molar-refractivity contribution in [1.82, 2.24) is 14.5 Å². The van der Waals surface area contributed by atoms with E-state index in [4.69, 9.17) is 4.74 Å². The van der Waals surface area contributed by atoms with Crippen molar-refractivity contribution in [3.8, 4) is 0 Å². The lowest BCUT2D eigenvalue weighted by Gasteiger charge is -2.17. The van der Waals surface area contributed by atoms with Crippen LogP contribution in [0.15, 0.2) is 36.9 Å². The first kappa shape index (κ1) is 13.5. The van der Waals surface area contributed by atoms with Crippen molar-refractivity contribution < 1.29 is 4.74 Å². The summed E-state index contributed by atoms with van der Waals surface area (Å²) < 4.78 is 7.15. The number of rotatable bonds is 7. The first-order chi connectivity index (χ1) is 9.33. The van der Waals surface area contributed by atoms with Crippen molar-refractivity contribution in [3.05, 3.63) is 42.5 Å². The van der Waals surface area contributed by atoms with E-state index in [1.54, 1.807) is 13.3 Å². The Bertz CT molecular complexity index is 483. The van der Waals surface area contributed by atoms with E-state index in [0.717, 1.165) is 25.5 Å². The van der Waals surface area contributed by atoms with Gasteiger partial charge < -0.3 is 14.6 Å². The fraction of sp³-hybridized carbons (Fsp3) is 0.429. The smallest absolute Gasteiger partial charge is 0.203 e. The Morgan fingerprint density at radius 2 is 2.32 bits per heavy atom. The average Bonchev–Trinajstić information content (AvgIpc) is 2.92. The summed E-state index contributed by atoms with van der Waals surface area (Å²) in [6.45, 7) is 3.75. The van der Waals surface area contributed by atoms with Crippen LogP contribution in [-0.2, 0) is 4.74 Å². The number of anilines is 1. The van der Waals surface area contributed by atoms with Crippen molar-refractivity contribution in [2.45, 2.75) is 19.4 Å². The molecular formula is C14H20N4O. The molecule has 2 rings (SSSR count). The van der Waals surface area contributed by atoms with Crippen LogP contribution in [0.25, 0.3) is 0 Å². The molecule has 0 saturated heterocycles. The lowest BCUT2D eigenvalue weighted by Crippen LogP contribution is -2.13. The van der Waals surface area contributed by atoms with Gasteiger partial charge in [0, 0.05) is 45.0 Å². The summed E-state index contributed by atoms with van der Waals surface area (Å²) in [6, 6.07) is 4.24. The second-order valence-electron chi connectivity index (χ2n) is 4.39. The molecule has 1 N–H and O–H groups in total. The largest absolute Gasteiger partial charge is 0.385 e. The van der Waals surface area contributed by atoms with Crippen LogP contribution in [0.2, 0.25) is 0 Å². The quantitative estimate of drug-likeness (QED) is 0.776. The topological polar surface area (TPSA) is 52.0 Å². The molecule has 0 fully saturated rings. The van der Waals surface area contributed by atoms with Gasteiger partial charge in [-0.15, -0.1) is 0 Å². The molecule has 102 valence electrons. The molecule has 2 aromatic heterocycles. The number of ether oxygens (including phenoxy) is 1. The third-order valence-electron chi connectivity index (χ3n) is 3.06. The van der Waals surface area contributed by atoms with E-state index in [0.29, 0.717) is 0 Å². The molecule has 0 amide bonds. The number of aromatic nitrogens is 3. The molecule has 5 nitrogen and oxygen atoms in total. The monoisotopic (exact) mass is 260 g/mol. The van der Waals surface area contributed by atoms with Crippen LogP contribution in [0, 0.1) is 0 Å². The molecule has 0 bridgehead atoms. The molecule has 0 aliphatic carbocycles. The van der Waals surface area contributed by atoms with Crippen molar-refractivity contribution in [1.29, 1.82) is 0 Å². The van der Waals surface area contributed by atoms with Gasteiger partial charge in [-0.3, -0.25) is 4.98 Å². The first-order valence-electron chi connectivity index (χ1n) is 6.48. The second-order valence-corrected chi connectivity index (χ2v) is 4.39. The van der Waals surface area contributed by atoms with Crippen LogP contribution < -0.4 is 5.32 Å². The lowest BCUT2D eigenvalue weighted by atomic mass is 10.1. The summed E-state index contributed by atoms with van der Waals surface area (Å²) in [4.78, 5) is 8.51. The van der Waals surface area contributed by atoms with Gasteiger partial charge >= 0.3 is 0 Å². The number of nitrogens with one attached hydrogen (secondary N) is 1. The van der Waals surface area contributed by atoms with E-state index in [1.165, 1.54) is 5.56 Å². The minimum absolute atomic E-state index is 0.209. The minimum atomic E-state index is 0.209. The Morgan fingerprint density at radius 3 is 3.05 bits per heavy atom. The highest BCUT2D eigenvalue weighted by Crippen LogP contribution is 2.20. The van der Waals surface area contributed by atoms with Crippen LogP contribution in [0.1, 0.15) is 24.9 Å². The molecule has 0 spiro atoms. The summed E-state index contributed by atoms with van der Waals surface area (Å²) in [5.41, 5.74) is 1.17. The molecule has 5 heteroatoms. The van der Waals surface area contributed by atoms with Crippen LogP contribution in [0.5, 0.6) is 0 Å². The molecular weight excluding hydrogens is 240 g/mol. The first-order valence-corrected chi connectivity index (χ1v) is 6.48. The van der Waals surface area contributed by atoms with Gasteiger partial charge in [0.15, 0.2) is 0 Å². The Balaban J connectivity index is 2.02. The average molecular weight is 260 g/mol. The lowest BCUT2D eigenvalue weighted by molar-refractivity contribution is 0.197. The number of pyridine rings is 1. The number of hydrogen-bond donors (Lipinski definition) is 1. The van der Waals surface area contributed by atoms with Crippen LogP contribution in [-0.4, -0.2) is 34.8 Å². The van der Waals surface area contributed by atoms with Crippen LogP contribution in [0.3, 0.4) is 0 Å². The number of methoxy groups -OCH3 is 1. The third-order valence-corrected chi connectivity index (χ3v) is 3.06. The van der Waals surface area contributed by atoms with Gasteiger partial charge in [0.2, 0.25) is 5.95 Å². The van der Waals surface area contributed by atoms with Crippen molar-refractivity contribution in [2.75, 3.05) is 25.6 Å². The molecule has 0 aliphatic rings. The Hall–Kier alpha value is -1.88. The maximum absolute atomic E-state index is 5.03. The summed E-state index contributed by atoms with van der Waals surface area (Å²) in [6.07, 6.45) is 8.43. The zero-order valence-corrected chi connectivity index (χ0v) is 11.4. The highest BCUT2D eigenvalue weighted by atomic mass is 16.5. The van der Waals surface area contributed by atoms with E-state index in [-0.39, 0.29) is 6.04 Å². The Kier molecular flexibility index (Phi) is 4.92. The minimum Gasteiger partial charge on any atom is -0.385 e. The number of imidazole rings is 1. The standard InChI is InChI=1S/C14H20N4O/c1-12(13-5-3-6-15-11-13)18-9-8-17-14(18)16-7-4-10-19-2/h3,5-6,8-9,11-12H,4,7,10H2,1-2H3,(H,16,17). The van der Waals surface area contributed by atoms with Gasteiger partial charge in [0.1, 0.15) is 0 Å². The van der Waals surface area contributed by atoms with Gasteiger partial charge in [-0.05, 0) is 25.0 Å². The third kappa shape index (κ3) is 3.54. The summed E-state index contributed by atoms with van der Waals surface area (Å²) in [5, 5.41) is 3.33. The molecule has 2 aromatic rings. The van der Waals surface area contributed by atoms with Crippen molar-refractivity contribution >= 4 is 5.95 Å². The van der Waals surface area contributed by atoms with E-state index in [2.05, 4.69) is 32.8 Å². The Labute approximate surface area is 113 Å². The van der Waals surface area contributed by atoms with Gasteiger partial charge in [-0.2, -0.15) is 0 Å². The van der Waals surface area contributed by atoms with Gasteiger partial charge in [-0.25, -0.2) is 4.98 Å². The van der Waals surface area contributed by atoms with E-state index < -0.39 is 0 Å². The fourth-order valence-electron chi connectivity index (χ4n) is 1.96. The zero-order chi connectivity index (χ0) is 13.5. The highest BCUT2D eigenvalue weighted by molar-refractivity contribution is 5.29. The molecule has 0 radical (unpaired) electrons. The summed E-state index contributed by atoms with van der Waals surface area (Å²) >= 11 is 0. The second kappa shape index (κ2) is 6.89. The van der Waals surface area contributed by atoms with Crippen molar-refractivity contribution in [3.63, 3.8) is 0 Å². The van der Waals surface area contributed by atoms with E-state index in [9.17, 15) is 0 Å². The number of hydrogen-bond acceptors (Lipinski definition) is 4. The predicted octanol–water partition coefficient (Wildman–Crippen LogP) is 2.34.